The Morgan fingerprint density at radius 2 is 2.03 bits per heavy atom. The molecule has 164 valence electrons. The van der Waals surface area contributed by atoms with E-state index in [2.05, 4.69) is 20.0 Å². The van der Waals surface area contributed by atoms with E-state index < -0.39 is 35.5 Å². The zero-order chi connectivity index (χ0) is 22.8. The number of esters is 1. The summed E-state index contributed by atoms with van der Waals surface area (Å²) in [5.74, 6) is -2.61. The summed E-state index contributed by atoms with van der Waals surface area (Å²) in [5, 5.41) is 4.52. The average Bonchev–Trinajstić information content (AvgIpc) is 3.40. The minimum absolute atomic E-state index is 0.00243. The van der Waals surface area contributed by atoms with Gasteiger partial charge in [0.1, 0.15) is 16.5 Å². The number of hydrogen-bond donors (Lipinski definition) is 3. The second-order valence-corrected chi connectivity index (χ2v) is 7.19. The lowest BCUT2D eigenvalue weighted by molar-refractivity contribution is -0.139. The fraction of sp³-hybridized carbons (Fsp3) is 0.211. The highest BCUT2D eigenvalue weighted by Gasteiger charge is 2.34. The van der Waals surface area contributed by atoms with E-state index in [1.54, 1.807) is 0 Å². The van der Waals surface area contributed by atoms with Crippen molar-refractivity contribution in [3.05, 3.63) is 63.5 Å². The van der Waals surface area contributed by atoms with Crippen LogP contribution in [0.1, 0.15) is 37.6 Å². The molecule has 1 atom stereocenters. The number of carbonyl (C=O) groups excluding carboxylic acids is 2. The summed E-state index contributed by atoms with van der Waals surface area (Å²) in [6.07, 6.45) is -4.80. The van der Waals surface area contributed by atoms with Crippen LogP contribution >= 0.6 is 11.3 Å². The predicted molar refractivity (Wildman–Crippen MR) is 104 cm³/mol. The molecule has 0 unspecified atom stereocenters. The number of aromatic nitrogens is 2. The van der Waals surface area contributed by atoms with Gasteiger partial charge in [0.25, 0.3) is 5.91 Å². The van der Waals surface area contributed by atoms with Crippen LogP contribution in [0, 0.1) is 5.82 Å². The number of H-pyrrole nitrogens is 1. The van der Waals surface area contributed by atoms with Gasteiger partial charge in [-0.05, 0) is 24.3 Å². The van der Waals surface area contributed by atoms with E-state index >= 15 is 0 Å². The molecule has 0 saturated carbocycles. The van der Waals surface area contributed by atoms with Crippen molar-refractivity contribution in [2.75, 3.05) is 13.7 Å². The number of carbonyl (C=O) groups is 2. The van der Waals surface area contributed by atoms with Gasteiger partial charge in [0.2, 0.25) is 0 Å². The molecule has 7 nitrogen and oxygen atoms in total. The van der Waals surface area contributed by atoms with Gasteiger partial charge in [0, 0.05) is 23.2 Å². The van der Waals surface area contributed by atoms with Crippen molar-refractivity contribution in [1.29, 1.82) is 0 Å². The lowest BCUT2D eigenvalue weighted by Crippen LogP contribution is -2.33. The lowest BCUT2D eigenvalue weighted by atomic mass is 10.1. The molecule has 0 aliphatic rings. The first kappa shape index (κ1) is 22.4. The number of thiazole rings is 1. The van der Waals surface area contributed by atoms with Crippen LogP contribution in [0.4, 0.5) is 17.6 Å². The molecule has 0 radical (unpaired) electrons. The Morgan fingerprint density at radius 3 is 2.65 bits per heavy atom. The SMILES string of the molecule is COC(=O)c1csc([C@H](CN)NC(=O)c2ccc(-c3ccc(C(F)(F)F)c(F)c3)[nH]2)n1. The Hall–Kier alpha value is -3.25. The molecule has 0 aliphatic carbocycles. The minimum atomic E-state index is -4.80. The molecule has 1 aromatic carbocycles. The number of benzene rings is 1. The van der Waals surface area contributed by atoms with Crippen molar-refractivity contribution < 1.29 is 31.9 Å². The first-order valence-electron chi connectivity index (χ1n) is 8.74. The van der Waals surface area contributed by atoms with Crippen LogP contribution in [-0.4, -0.2) is 35.5 Å². The number of hydrogen-bond acceptors (Lipinski definition) is 6. The van der Waals surface area contributed by atoms with Gasteiger partial charge in [-0.15, -0.1) is 11.3 Å². The molecule has 3 rings (SSSR count). The molecule has 3 aromatic rings. The van der Waals surface area contributed by atoms with Gasteiger partial charge in [0.15, 0.2) is 5.69 Å². The van der Waals surface area contributed by atoms with Gasteiger partial charge >= 0.3 is 12.1 Å². The van der Waals surface area contributed by atoms with Crippen molar-refractivity contribution in [1.82, 2.24) is 15.3 Å². The summed E-state index contributed by atoms with van der Waals surface area (Å²) in [5.41, 5.74) is 4.89. The first-order chi connectivity index (χ1) is 14.6. The Kier molecular flexibility index (Phi) is 6.41. The maximum atomic E-state index is 13.8. The standard InChI is InChI=1S/C19H16F4N4O3S/c1-30-18(29)15-8-31-17(27-15)14(7-24)26-16(28)13-5-4-12(25-13)9-2-3-10(11(20)6-9)19(21,22)23/h2-6,8,14,25H,7,24H2,1H3,(H,26,28)/t14-/m0/s1. The average molecular weight is 456 g/mol. The van der Waals surface area contributed by atoms with Crippen LogP contribution < -0.4 is 11.1 Å². The van der Waals surface area contributed by atoms with E-state index in [-0.39, 0.29) is 29.2 Å². The zero-order valence-electron chi connectivity index (χ0n) is 15.9. The molecule has 0 spiro atoms. The van der Waals surface area contributed by atoms with Crippen LogP contribution in [0.5, 0.6) is 0 Å². The van der Waals surface area contributed by atoms with Crippen molar-refractivity contribution in [3.8, 4) is 11.3 Å². The molecule has 0 saturated heterocycles. The maximum absolute atomic E-state index is 13.8. The summed E-state index contributed by atoms with van der Waals surface area (Å²) in [7, 11) is 1.22. The molecule has 2 aromatic heterocycles. The second-order valence-electron chi connectivity index (χ2n) is 6.30. The van der Waals surface area contributed by atoms with Gasteiger partial charge in [0.05, 0.1) is 18.7 Å². The van der Waals surface area contributed by atoms with Crippen LogP contribution in [0.15, 0.2) is 35.7 Å². The van der Waals surface area contributed by atoms with Gasteiger partial charge in [-0.1, -0.05) is 6.07 Å². The molecule has 4 N–H and O–H groups in total. The Bertz CT molecular complexity index is 1110. The van der Waals surface area contributed by atoms with Gasteiger partial charge in [-0.2, -0.15) is 13.2 Å². The molecule has 31 heavy (non-hydrogen) atoms. The fourth-order valence-corrected chi connectivity index (χ4v) is 3.56. The van der Waals surface area contributed by atoms with E-state index in [0.717, 1.165) is 23.5 Å². The number of nitrogens with one attached hydrogen (secondary N) is 2. The number of alkyl halides is 3. The predicted octanol–water partition coefficient (Wildman–Crippen LogP) is 3.51. The summed E-state index contributed by atoms with van der Waals surface area (Å²) in [4.78, 5) is 30.9. The Balaban J connectivity index is 1.76. The van der Waals surface area contributed by atoms with E-state index in [1.165, 1.54) is 24.6 Å². The van der Waals surface area contributed by atoms with Crippen molar-refractivity contribution >= 4 is 23.2 Å². The van der Waals surface area contributed by atoms with E-state index in [0.29, 0.717) is 11.1 Å². The summed E-state index contributed by atoms with van der Waals surface area (Å²) in [6, 6.07) is 4.63. The van der Waals surface area contributed by atoms with Gasteiger partial charge in [-0.3, -0.25) is 4.79 Å². The highest BCUT2D eigenvalue weighted by molar-refractivity contribution is 7.09. The number of nitrogens with two attached hydrogens (primary N) is 1. The number of rotatable bonds is 6. The minimum Gasteiger partial charge on any atom is -0.464 e. The smallest absolute Gasteiger partial charge is 0.419 e. The molecule has 0 fully saturated rings. The number of nitrogens with zero attached hydrogens (tertiary/aromatic N) is 1. The third-order valence-corrected chi connectivity index (χ3v) is 5.23. The third-order valence-electron chi connectivity index (χ3n) is 4.27. The maximum Gasteiger partial charge on any atom is 0.419 e. The molecule has 0 aliphatic heterocycles. The molecule has 1 amide bonds. The van der Waals surface area contributed by atoms with Crippen LogP contribution in [0.2, 0.25) is 0 Å². The number of amides is 1. The second kappa shape index (κ2) is 8.86. The third kappa shape index (κ3) is 4.91. The first-order valence-corrected chi connectivity index (χ1v) is 9.62. The van der Waals surface area contributed by atoms with Crippen LogP contribution in [-0.2, 0) is 10.9 Å². The highest BCUT2D eigenvalue weighted by Crippen LogP contribution is 2.33. The topological polar surface area (TPSA) is 110 Å². The van der Waals surface area contributed by atoms with Crippen LogP contribution in [0.3, 0.4) is 0 Å². The monoisotopic (exact) mass is 456 g/mol. The summed E-state index contributed by atoms with van der Waals surface area (Å²) in [6.45, 7) is -0.00243. The van der Waals surface area contributed by atoms with E-state index in [9.17, 15) is 27.2 Å². The van der Waals surface area contributed by atoms with Gasteiger partial charge in [-0.25, -0.2) is 14.2 Å². The number of ether oxygens (including phenoxy) is 1. The normalized spacial score (nSPS) is 12.5. The molecule has 12 heteroatoms. The number of halogens is 4. The lowest BCUT2D eigenvalue weighted by Gasteiger charge is -2.13. The molecule has 0 bridgehead atoms. The molecular weight excluding hydrogens is 440 g/mol. The summed E-state index contributed by atoms with van der Waals surface area (Å²) >= 11 is 1.12. The quantitative estimate of drug-likeness (QED) is 0.388. The van der Waals surface area contributed by atoms with E-state index in [4.69, 9.17) is 5.73 Å². The van der Waals surface area contributed by atoms with Crippen molar-refractivity contribution in [2.45, 2.75) is 12.2 Å². The largest absolute Gasteiger partial charge is 0.464 e. The Labute approximate surface area is 177 Å². The number of aromatic amines is 1. The number of methoxy groups -OCH3 is 1. The van der Waals surface area contributed by atoms with Crippen molar-refractivity contribution in [3.63, 3.8) is 0 Å². The summed E-state index contributed by atoms with van der Waals surface area (Å²) < 4.78 is 56.5. The Morgan fingerprint density at radius 1 is 1.29 bits per heavy atom. The van der Waals surface area contributed by atoms with Crippen LogP contribution in [0.25, 0.3) is 11.3 Å². The van der Waals surface area contributed by atoms with Crippen molar-refractivity contribution in [2.24, 2.45) is 5.73 Å². The van der Waals surface area contributed by atoms with E-state index in [1.807, 2.05) is 0 Å². The molecule has 2 heterocycles. The fourth-order valence-electron chi connectivity index (χ4n) is 2.71. The zero-order valence-corrected chi connectivity index (χ0v) is 16.7. The molecular formula is C19H16F4N4O3S. The van der Waals surface area contributed by atoms with Gasteiger partial charge < -0.3 is 20.8 Å². The highest BCUT2D eigenvalue weighted by atomic mass is 32.1.